The Morgan fingerprint density at radius 2 is 2.31 bits per heavy atom. The van der Waals surface area contributed by atoms with Gasteiger partial charge in [-0.2, -0.15) is 0 Å². The lowest BCUT2D eigenvalue weighted by Crippen LogP contribution is -2.00. The van der Waals surface area contributed by atoms with Gasteiger partial charge >= 0.3 is 0 Å². The first-order chi connectivity index (χ1) is 6.24. The van der Waals surface area contributed by atoms with Crippen molar-refractivity contribution < 1.29 is 4.74 Å². The summed E-state index contributed by atoms with van der Waals surface area (Å²) in [4.78, 5) is 4.01. The highest BCUT2D eigenvalue weighted by atomic mass is 35.5. The molecular weight excluding hydrogens is 188 g/mol. The van der Waals surface area contributed by atoms with Crippen LogP contribution in [-0.2, 0) is 6.42 Å². The first kappa shape index (κ1) is 10.1. The van der Waals surface area contributed by atoms with Gasteiger partial charge in [-0.1, -0.05) is 18.5 Å². The molecule has 0 bridgehead atoms. The number of nitrogens with one attached hydrogen (secondary N) is 1. The quantitative estimate of drug-likeness (QED) is 0.761. The van der Waals surface area contributed by atoms with Crippen LogP contribution in [0.2, 0.25) is 5.15 Å². The zero-order valence-electron chi connectivity index (χ0n) is 8.02. The number of hydrogen-bond donors (Lipinski definition) is 1. The van der Waals surface area contributed by atoms with Gasteiger partial charge in [0.15, 0.2) is 5.15 Å². The van der Waals surface area contributed by atoms with Gasteiger partial charge in [0.1, 0.15) is 5.75 Å². The van der Waals surface area contributed by atoms with Gasteiger partial charge in [0.25, 0.3) is 0 Å². The number of ether oxygens (including phenoxy) is 1. The number of nitrogens with zero attached hydrogens (tertiary/aromatic N) is 1. The van der Waals surface area contributed by atoms with Crippen molar-refractivity contribution in [3.63, 3.8) is 0 Å². The topological polar surface area (TPSA) is 34.1 Å². The standard InChI is InChI=1S/C9H13ClN2O/c1-4-6-7(13-3)5-12-9(10)8(6)11-2/h5,11H,4H2,1-3H3. The molecule has 1 rings (SSSR count). The average molecular weight is 201 g/mol. The SMILES string of the molecule is CCc1c(OC)cnc(Cl)c1NC. The Morgan fingerprint density at radius 1 is 1.62 bits per heavy atom. The van der Waals surface area contributed by atoms with Gasteiger partial charge in [-0.25, -0.2) is 4.98 Å². The van der Waals surface area contributed by atoms with Crippen LogP contribution in [0.5, 0.6) is 5.75 Å². The molecule has 0 saturated heterocycles. The molecule has 0 aliphatic heterocycles. The van der Waals surface area contributed by atoms with E-state index >= 15 is 0 Å². The second kappa shape index (κ2) is 4.33. The summed E-state index contributed by atoms with van der Waals surface area (Å²) in [7, 11) is 3.45. The Balaban J connectivity index is 3.27. The van der Waals surface area contributed by atoms with E-state index in [1.807, 2.05) is 7.05 Å². The van der Waals surface area contributed by atoms with E-state index in [9.17, 15) is 0 Å². The van der Waals surface area contributed by atoms with Gasteiger partial charge in [-0.15, -0.1) is 0 Å². The maximum atomic E-state index is 5.91. The zero-order chi connectivity index (χ0) is 9.84. The minimum Gasteiger partial charge on any atom is -0.495 e. The van der Waals surface area contributed by atoms with Crippen LogP contribution in [0.4, 0.5) is 5.69 Å². The van der Waals surface area contributed by atoms with Crippen molar-refractivity contribution >= 4 is 17.3 Å². The van der Waals surface area contributed by atoms with E-state index in [1.54, 1.807) is 13.3 Å². The lowest BCUT2D eigenvalue weighted by atomic mass is 10.1. The molecule has 1 N–H and O–H groups in total. The molecule has 0 saturated carbocycles. The molecule has 13 heavy (non-hydrogen) atoms. The number of anilines is 1. The third-order valence-corrected chi connectivity index (χ3v) is 2.21. The van der Waals surface area contributed by atoms with Crippen LogP contribution in [0.1, 0.15) is 12.5 Å². The highest BCUT2D eigenvalue weighted by Gasteiger charge is 2.10. The van der Waals surface area contributed by atoms with Crippen molar-refractivity contribution in [3.8, 4) is 5.75 Å². The molecule has 1 heterocycles. The molecule has 0 aliphatic carbocycles. The molecule has 0 spiro atoms. The fraction of sp³-hybridized carbons (Fsp3) is 0.444. The van der Waals surface area contributed by atoms with Crippen molar-refractivity contribution in [2.24, 2.45) is 0 Å². The molecule has 0 fully saturated rings. The average Bonchev–Trinajstić information content (AvgIpc) is 2.17. The second-order valence-corrected chi connectivity index (χ2v) is 2.93. The number of hydrogen-bond acceptors (Lipinski definition) is 3. The second-order valence-electron chi connectivity index (χ2n) is 2.57. The summed E-state index contributed by atoms with van der Waals surface area (Å²) >= 11 is 5.91. The summed E-state index contributed by atoms with van der Waals surface area (Å²) in [5.74, 6) is 0.774. The summed E-state index contributed by atoms with van der Waals surface area (Å²) in [5, 5.41) is 3.50. The molecule has 72 valence electrons. The first-order valence-electron chi connectivity index (χ1n) is 4.13. The smallest absolute Gasteiger partial charge is 0.152 e. The van der Waals surface area contributed by atoms with Gasteiger partial charge in [0.05, 0.1) is 19.0 Å². The highest BCUT2D eigenvalue weighted by molar-refractivity contribution is 6.32. The normalized spacial score (nSPS) is 9.85. The maximum Gasteiger partial charge on any atom is 0.152 e. The third kappa shape index (κ3) is 1.86. The fourth-order valence-electron chi connectivity index (χ4n) is 1.29. The molecule has 0 atom stereocenters. The van der Waals surface area contributed by atoms with E-state index in [0.29, 0.717) is 5.15 Å². The molecule has 0 radical (unpaired) electrons. The van der Waals surface area contributed by atoms with Gasteiger partial charge in [0, 0.05) is 12.6 Å². The Morgan fingerprint density at radius 3 is 2.77 bits per heavy atom. The summed E-state index contributed by atoms with van der Waals surface area (Å²) in [6.07, 6.45) is 2.50. The minimum atomic E-state index is 0.486. The van der Waals surface area contributed by atoms with Crippen molar-refractivity contribution in [2.75, 3.05) is 19.5 Å². The van der Waals surface area contributed by atoms with Crippen molar-refractivity contribution in [2.45, 2.75) is 13.3 Å². The minimum absolute atomic E-state index is 0.486. The lowest BCUT2D eigenvalue weighted by molar-refractivity contribution is 0.408. The van der Waals surface area contributed by atoms with Crippen LogP contribution in [0.25, 0.3) is 0 Å². The van der Waals surface area contributed by atoms with Crippen LogP contribution in [0.3, 0.4) is 0 Å². The Bertz CT molecular complexity index is 302. The number of rotatable bonds is 3. The third-order valence-electron chi connectivity index (χ3n) is 1.92. The van der Waals surface area contributed by atoms with Crippen LogP contribution >= 0.6 is 11.6 Å². The zero-order valence-corrected chi connectivity index (χ0v) is 8.77. The predicted octanol–water partition coefficient (Wildman–Crippen LogP) is 2.35. The molecule has 0 aliphatic rings. The Labute approximate surface area is 83.1 Å². The van der Waals surface area contributed by atoms with Crippen molar-refractivity contribution in [1.29, 1.82) is 0 Å². The van der Waals surface area contributed by atoms with E-state index in [0.717, 1.165) is 23.4 Å². The van der Waals surface area contributed by atoms with Gasteiger partial charge in [0.2, 0.25) is 0 Å². The van der Waals surface area contributed by atoms with Crippen molar-refractivity contribution in [3.05, 3.63) is 16.9 Å². The van der Waals surface area contributed by atoms with Crippen LogP contribution in [0.15, 0.2) is 6.20 Å². The molecule has 0 aromatic carbocycles. The Kier molecular flexibility index (Phi) is 3.37. The van der Waals surface area contributed by atoms with E-state index in [-0.39, 0.29) is 0 Å². The van der Waals surface area contributed by atoms with Crippen LogP contribution in [-0.4, -0.2) is 19.1 Å². The molecule has 1 aromatic heterocycles. The molecule has 3 nitrogen and oxygen atoms in total. The molecular formula is C9H13ClN2O. The van der Waals surface area contributed by atoms with Crippen LogP contribution < -0.4 is 10.1 Å². The summed E-state index contributed by atoms with van der Waals surface area (Å²) in [6.45, 7) is 2.05. The molecule has 0 amide bonds. The predicted molar refractivity (Wildman–Crippen MR) is 54.7 cm³/mol. The summed E-state index contributed by atoms with van der Waals surface area (Å²) < 4.78 is 5.17. The van der Waals surface area contributed by atoms with E-state index in [2.05, 4.69) is 17.2 Å². The summed E-state index contributed by atoms with van der Waals surface area (Å²) in [6, 6.07) is 0. The van der Waals surface area contributed by atoms with Crippen molar-refractivity contribution in [1.82, 2.24) is 4.98 Å². The molecule has 1 aromatic rings. The van der Waals surface area contributed by atoms with Crippen LogP contribution in [0, 0.1) is 0 Å². The lowest BCUT2D eigenvalue weighted by Gasteiger charge is -2.12. The van der Waals surface area contributed by atoms with E-state index in [4.69, 9.17) is 16.3 Å². The number of methoxy groups -OCH3 is 1. The van der Waals surface area contributed by atoms with Gasteiger partial charge in [-0.3, -0.25) is 0 Å². The first-order valence-corrected chi connectivity index (χ1v) is 4.51. The monoisotopic (exact) mass is 200 g/mol. The van der Waals surface area contributed by atoms with Gasteiger partial charge < -0.3 is 10.1 Å². The summed E-state index contributed by atoms with van der Waals surface area (Å²) in [5.41, 5.74) is 1.91. The maximum absolute atomic E-state index is 5.91. The molecule has 4 heteroatoms. The Hall–Kier alpha value is -0.960. The van der Waals surface area contributed by atoms with E-state index < -0.39 is 0 Å². The fourth-order valence-corrected chi connectivity index (χ4v) is 1.54. The number of aromatic nitrogens is 1. The number of halogens is 1. The largest absolute Gasteiger partial charge is 0.495 e. The number of pyridine rings is 1. The molecule has 0 unspecified atom stereocenters. The highest BCUT2D eigenvalue weighted by Crippen LogP contribution is 2.31. The van der Waals surface area contributed by atoms with E-state index in [1.165, 1.54) is 0 Å². The van der Waals surface area contributed by atoms with Gasteiger partial charge in [-0.05, 0) is 6.42 Å².